The van der Waals surface area contributed by atoms with Gasteiger partial charge in [-0.1, -0.05) is 12.1 Å². The van der Waals surface area contributed by atoms with E-state index in [1.807, 2.05) is 0 Å². The maximum absolute atomic E-state index is 12.9. The van der Waals surface area contributed by atoms with Crippen LogP contribution in [0.1, 0.15) is 30.6 Å². The molecule has 0 saturated carbocycles. The van der Waals surface area contributed by atoms with Gasteiger partial charge in [0.2, 0.25) is 0 Å². The van der Waals surface area contributed by atoms with Crippen LogP contribution in [0.15, 0.2) is 18.2 Å². The number of halogens is 2. The number of hydrogen-bond acceptors (Lipinski definition) is 4. The van der Waals surface area contributed by atoms with Crippen LogP contribution in [-0.4, -0.2) is 24.8 Å². The smallest absolute Gasteiger partial charge is 0.339 e. The van der Waals surface area contributed by atoms with E-state index in [1.165, 1.54) is 25.3 Å². The number of alkyl halides is 2. The van der Waals surface area contributed by atoms with Gasteiger partial charge in [-0.25, -0.2) is 13.6 Å². The zero-order chi connectivity index (χ0) is 13.7. The Labute approximate surface area is 103 Å². The first-order chi connectivity index (χ1) is 8.52. The number of aliphatic hydroxyl groups excluding tert-OH is 1. The van der Waals surface area contributed by atoms with E-state index in [1.54, 1.807) is 6.92 Å². The summed E-state index contributed by atoms with van der Waals surface area (Å²) < 4.78 is 35.3. The molecule has 0 radical (unpaired) electrons. The van der Waals surface area contributed by atoms with Gasteiger partial charge in [-0.05, 0) is 13.0 Å². The first-order valence-corrected chi connectivity index (χ1v) is 5.32. The summed E-state index contributed by atoms with van der Waals surface area (Å²) in [5.74, 6) is -1.04. The van der Waals surface area contributed by atoms with E-state index in [4.69, 9.17) is 4.74 Å². The average Bonchev–Trinajstić information content (AvgIpc) is 2.36. The summed E-state index contributed by atoms with van der Waals surface area (Å²) in [6.45, 7) is 1.62. The van der Waals surface area contributed by atoms with Crippen LogP contribution in [0.4, 0.5) is 8.78 Å². The quantitative estimate of drug-likeness (QED) is 0.825. The van der Waals surface area contributed by atoms with E-state index >= 15 is 0 Å². The molecule has 6 heteroatoms. The van der Waals surface area contributed by atoms with E-state index in [0.717, 1.165) is 0 Å². The standard InChI is InChI=1S/C12H14F2O4/c1-3-18-12(16)10(15)7-5-4-6-8(17-2)9(7)11(13)14/h4-6,10-11,15H,3H2,1-2H3. The molecule has 0 spiro atoms. The second-order valence-corrected chi connectivity index (χ2v) is 3.42. The molecule has 0 aliphatic heterocycles. The van der Waals surface area contributed by atoms with Crippen molar-refractivity contribution in [3.63, 3.8) is 0 Å². The lowest BCUT2D eigenvalue weighted by Crippen LogP contribution is -2.17. The highest BCUT2D eigenvalue weighted by molar-refractivity contribution is 5.77. The third kappa shape index (κ3) is 2.95. The first-order valence-electron chi connectivity index (χ1n) is 5.32. The Morgan fingerprint density at radius 3 is 2.61 bits per heavy atom. The number of rotatable bonds is 5. The van der Waals surface area contributed by atoms with Crippen molar-refractivity contribution < 1.29 is 28.2 Å². The second-order valence-electron chi connectivity index (χ2n) is 3.42. The highest BCUT2D eigenvalue weighted by atomic mass is 19.3. The number of carbonyl (C=O) groups excluding carboxylic acids is 1. The summed E-state index contributed by atoms with van der Waals surface area (Å²) >= 11 is 0. The van der Waals surface area contributed by atoms with E-state index in [9.17, 15) is 18.7 Å². The lowest BCUT2D eigenvalue weighted by Gasteiger charge is -2.16. The van der Waals surface area contributed by atoms with Gasteiger partial charge >= 0.3 is 5.97 Å². The molecule has 4 nitrogen and oxygen atoms in total. The molecule has 0 saturated heterocycles. The predicted molar refractivity (Wildman–Crippen MR) is 59.5 cm³/mol. The van der Waals surface area contributed by atoms with Gasteiger partial charge in [0.25, 0.3) is 6.43 Å². The molecule has 1 unspecified atom stereocenters. The summed E-state index contributed by atoms with van der Waals surface area (Å²) in [4.78, 5) is 11.4. The molecule has 1 rings (SSSR count). The number of aliphatic hydroxyl groups is 1. The summed E-state index contributed by atoms with van der Waals surface area (Å²) in [6.07, 6.45) is -4.61. The number of benzene rings is 1. The molecule has 0 heterocycles. The molecular formula is C12H14F2O4. The third-order valence-corrected chi connectivity index (χ3v) is 2.34. The Hall–Kier alpha value is -1.69. The van der Waals surface area contributed by atoms with Crippen molar-refractivity contribution in [2.24, 2.45) is 0 Å². The Morgan fingerprint density at radius 1 is 1.44 bits per heavy atom. The van der Waals surface area contributed by atoms with Gasteiger partial charge in [-0.15, -0.1) is 0 Å². The minimum absolute atomic E-state index is 0.0594. The van der Waals surface area contributed by atoms with Gasteiger partial charge in [0, 0.05) is 5.56 Å². The molecule has 1 atom stereocenters. The van der Waals surface area contributed by atoms with Crippen LogP contribution in [0.25, 0.3) is 0 Å². The lowest BCUT2D eigenvalue weighted by atomic mass is 10.0. The highest BCUT2D eigenvalue weighted by Crippen LogP contribution is 2.35. The zero-order valence-electron chi connectivity index (χ0n) is 10.0. The van der Waals surface area contributed by atoms with Gasteiger partial charge < -0.3 is 14.6 Å². The lowest BCUT2D eigenvalue weighted by molar-refractivity contribution is -0.153. The largest absolute Gasteiger partial charge is 0.496 e. The van der Waals surface area contributed by atoms with Crippen LogP contribution in [0.3, 0.4) is 0 Å². The second kappa shape index (κ2) is 6.30. The van der Waals surface area contributed by atoms with Gasteiger partial charge in [0.05, 0.1) is 19.3 Å². The van der Waals surface area contributed by atoms with Crippen molar-refractivity contribution in [3.8, 4) is 5.75 Å². The minimum atomic E-state index is -2.86. The van der Waals surface area contributed by atoms with Crippen LogP contribution < -0.4 is 4.74 Å². The number of ether oxygens (including phenoxy) is 2. The first kappa shape index (κ1) is 14.4. The predicted octanol–water partition coefficient (Wildman–Crippen LogP) is 2.23. The number of esters is 1. The van der Waals surface area contributed by atoms with Crippen molar-refractivity contribution in [2.75, 3.05) is 13.7 Å². The molecule has 0 fully saturated rings. The van der Waals surface area contributed by atoms with Crippen molar-refractivity contribution in [1.29, 1.82) is 0 Å². The molecular weight excluding hydrogens is 246 g/mol. The normalized spacial score (nSPS) is 12.3. The molecule has 18 heavy (non-hydrogen) atoms. The summed E-state index contributed by atoms with van der Waals surface area (Å²) in [6, 6.07) is 4.00. The molecule has 0 amide bonds. The minimum Gasteiger partial charge on any atom is -0.496 e. The van der Waals surface area contributed by atoms with E-state index in [2.05, 4.69) is 4.74 Å². The monoisotopic (exact) mass is 260 g/mol. The molecule has 0 aliphatic carbocycles. The fraction of sp³-hybridized carbons (Fsp3) is 0.417. The van der Waals surface area contributed by atoms with E-state index in [0.29, 0.717) is 0 Å². The molecule has 100 valence electrons. The van der Waals surface area contributed by atoms with Crippen molar-refractivity contribution in [1.82, 2.24) is 0 Å². The van der Waals surface area contributed by atoms with Gasteiger partial charge in [-0.2, -0.15) is 0 Å². The Kier molecular flexibility index (Phi) is 5.03. The van der Waals surface area contributed by atoms with E-state index in [-0.39, 0.29) is 17.9 Å². The Morgan fingerprint density at radius 2 is 2.11 bits per heavy atom. The maximum Gasteiger partial charge on any atom is 0.339 e. The average molecular weight is 260 g/mol. The Balaban J connectivity index is 3.19. The van der Waals surface area contributed by atoms with Crippen molar-refractivity contribution in [3.05, 3.63) is 29.3 Å². The Bertz CT molecular complexity index is 421. The van der Waals surface area contributed by atoms with Crippen LogP contribution in [-0.2, 0) is 9.53 Å². The fourth-order valence-corrected chi connectivity index (χ4v) is 1.56. The molecule has 0 aromatic heterocycles. The third-order valence-electron chi connectivity index (χ3n) is 2.34. The topological polar surface area (TPSA) is 55.8 Å². The van der Waals surface area contributed by atoms with Crippen LogP contribution in [0, 0.1) is 0 Å². The zero-order valence-corrected chi connectivity index (χ0v) is 10.0. The molecule has 0 bridgehead atoms. The summed E-state index contributed by atoms with van der Waals surface area (Å²) in [7, 11) is 1.24. The van der Waals surface area contributed by atoms with Gasteiger partial charge in [0.15, 0.2) is 6.10 Å². The number of carbonyl (C=O) groups is 1. The number of methoxy groups -OCH3 is 1. The SMILES string of the molecule is CCOC(=O)C(O)c1cccc(OC)c1C(F)F. The fourth-order valence-electron chi connectivity index (χ4n) is 1.56. The number of hydrogen-bond donors (Lipinski definition) is 1. The van der Waals surface area contributed by atoms with Crippen LogP contribution >= 0.6 is 0 Å². The van der Waals surface area contributed by atoms with Crippen molar-refractivity contribution in [2.45, 2.75) is 19.5 Å². The van der Waals surface area contributed by atoms with Crippen LogP contribution in [0.5, 0.6) is 5.75 Å². The van der Waals surface area contributed by atoms with Gasteiger partial charge in [0.1, 0.15) is 5.75 Å². The van der Waals surface area contributed by atoms with Gasteiger partial charge in [-0.3, -0.25) is 0 Å². The summed E-state index contributed by atoms with van der Waals surface area (Å²) in [5, 5.41) is 9.71. The van der Waals surface area contributed by atoms with Crippen LogP contribution in [0.2, 0.25) is 0 Å². The molecule has 1 N–H and O–H groups in total. The maximum atomic E-state index is 12.9. The van der Waals surface area contributed by atoms with Crippen molar-refractivity contribution >= 4 is 5.97 Å². The molecule has 1 aromatic carbocycles. The van der Waals surface area contributed by atoms with E-state index < -0.39 is 24.1 Å². The highest BCUT2D eigenvalue weighted by Gasteiger charge is 2.27. The summed E-state index contributed by atoms with van der Waals surface area (Å²) in [5.41, 5.74) is -0.705. The molecule has 1 aromatic rings. The molecule has 0 aliphatic rings.